The molecule has 2 rings (SSSR count). The highest BCUT2D eigenvalue weighted by molar-refractivity contribution is 5.87. The number of H-pyrrole nitrogens is 1. The fourth-order valence-electron chi connectivity index (χ4n) is 1.67. The minimum absolute atomic E-state index is 0.358. The molecular formula is C13H16N2O3. The van der Waals surface area contributed by atoms with Crippen LogP contribution in [-0.2, 0) is 17.8 Å². The van der Waals surface area contributed by atoms with Crippen molar-refractivity contribution < 1.29 is 13.9 Å². The topological polar surface area (TPSA) is 67.3 Å². The Hall–Kier alpha value is -2.01. The van der Waals surface area contributed by atoms with E-state index in [0.29, 0.717) is 18.8 Å². The number of carbonyl (C=O) groups excluding carboxylic acids is 1. The summed E-state index contributed by atoms with van der Waals surface area (Å²) in [6.45, 7) is 3.20. The van der Waals surface area contributed by atoms with Crippen molar-refractivity contribution in [2.75, 3.05) is 7.11 Å². The van der Waals surface area contributed by atoms with Gasteiger partial charge < -0.3 is 19.5 Å². The van der Waals surface area contributed by atoms with Crippen LogP contribution in [0, 0.1) is 6.92 Å². The minimum Gasteiger partial charge on any atom is -0.465 e. The summed E-state index contributed by atoms with van der Waals surface area (Å²) in [5.41, 5.74) is 1.39. The van der Waals surface area contributed by atoms with Crippen LogP contribution >= 0.6 is 0 Å². The van der Waals surface area contributed by atoms with Gasteiger partial charge in [-0.2, -0.15) is 0 Å². The average molecular weight is 248 g/mol. The molecule has 5 nitrogen and oxygen atoms in total. The minimum atomic E-state index is -0.358. The Labute approximate surface area is 105 Å². The van der Waals surface area contributed by atoms with Crippen molar-refractivity contribution in [3.8, 4) is 0 Å². The Morgan fingerprint density at radius 1 is 1.33 bits per heavy atom. The first-order chi connectivity index (χ1) is 8.69. The molecule has 0 spiro atoms. The van der Waals surface area contributed by atoms with Gasteiger partial charge in [0.05, 0.1) is 13.7 Å². The maximum absolute atomic E-state index is 11.2. The first-order valence-electron chi connectivity index (χ1n) is 5.71. The summed E-state index contributed by atoms with van der Waals surface area (Å²) in [5.74, 6) is 1.44. The molecule has 0 unspecified atom stereocenters. The van der Waals surface area contributed by atoms with Gasteiger partial charge in [0.2, 0.25) is 0 Å². The highest BCUT2D eigenvalue weighted by atomic mass is 16.5. The molecule has 0 aliphatic heterocycles. The molecule has 0 aromatic carbocycles. The molecule has 0 atom stereocenters. The summed E-state index contributed by atoms with van der Waals surface area (Å²) >= 11 is 0. The van der Waals surface area contributed by atoms with Crippen LogP contribution in [-0.4, -0.2) is 18.1 Å². The number of rotatable bonds is 5. The predicted octanol–water partition coefficient (Wildman–Crippen LogP) is 1.99. The number of hydrogen-bond donors (Lipinski definition) is 2. The quantitative estimate of drug-likeness (QED) is 0.794. The first kappa shape index (κ1) is 12.4. The number of aromatic amines is 1. The van der Waals surface area contributed by atoms with E-state index in [1.165, 1.54) is 7.11 Å². The summed E-state index contributed by atoms with van der Waals surface area (Å²) in [6, 6.07) is 7.43. The van der Waals surface area contributed by atoms with Crippen molar-refractivity contribution in [1.82, 2.24) is 10.3 Å². The number of aryl methyl sites for hydroxylation is 1. The van der Waals surface area contributed by atoms with Crippen LogP contribution < -0.4 is 5.32 Å². The SMILES string of the molecule is COC(=O)c1ccc(CNCc2ccc(C)o2)[nH]1. The molecule has 0 saturated carbocycles. The van der Waals surface area contributed by atoms with E-state index >= 15 is 0 Å². The molecule has 5 heteroatoms. The van der Waals surface area contributed by atoms with Crippen molar-refractivity contribution in [2.45, 2.75) is 20.0 Å². The number of esters is 1. The smallest absolute Gasteiger partial charge is 0.354 e. The maximum Gasteiger partial charge on any atom is 0.354 e. The number of furan rings is 1. The van der Waals surface area contributed by atoms with E-state index in [0.717, 1.165) is 17.2 Å². The molecule has 96 valence electrons. The number of nitrogens with one attached hydrogen (secondary N) is 2. The summed E-state index contributed by atoms with van der Waals surface area (Å²) in [6.07, 6.45) is 0. The molecule has 2 aromatic rings. The Morgan fingerprint density at radius 2 is 2.17 bits per heavy atom. The molecule has 0 bridgehead atoms. The van der Waals surface area contributed by atoms with E-state index in [1.807, 2.05) is 25.1 Å². The van der Waals surface area contributed by atoms with Gasteiger partial charge in [0.25, 0.3) is 0 Å². The van der Waals surface area contributed by atoms with Crippen molar-refractivity contribution in [3.63, 3.8) is 0 Å². The van der Waals surface area contributed by atoms with Crippen LogP contribution in [0.5, 0.6) is 0 Å². The molecule has 0 fully saturated rings. The van der Waals surface area contributed by atoms with Gasteiger partial charge in [-0.05, 0) is 31.2 Å². The third kappa shape index (κ3) is 3.01. The molecule has 0 saturated heterocycles. The summed E-state index contributed by atoms with van der Waals surface area (Å²) in [7, 11) is 1.36. The van der Waals surface area contributed by atoms with Gasteiger partial charge >= 0.3 is 5.97 Å². The Kier molecular flexibility index (Phi) is 3.84. The third-order valence-electron chi connectivity index (χ3n) is 2.56. The Bertz CT molecular complexity index is 528. The molecule has 2 N–H and O–H groups in total. The average Bonchev–Trinajstić information content (AvgIpc) is 2.98. The van der Waals surface area contributed by atoms with Crippen molar-refractivity contribution >= 4 is 5.97 Å². The number of methoxy groups -OCH3 is 1. The second kappa shape index (κ2) is 5.55. The Morgan fingerprint density at radius 3 is 2.83 bits per heavy atom. The molecule has 2 aromatic heterocycles. The van der Waals surface area contributed by atoms with E-state index in [-0.39, 0.29) is 5.97 Å². The standard InChI is InChI=1S/C13H16N2O3/c1-9-3-5-11(18-9)8-14-7-10-4-6-12(15-10)13(16)17-2/h3-6,14-15H,7-8H2,1-2H3. The van der Waals surface area contributed by atoms with Gasteiger partial charge in [0.1, 0.15) is 17.2 Å². The maximum atomic E-state index is 11.2. The molecule has 18 heavy (non-hydrogen) atoms. The largest absolute Gasteiger partial charge is 0.465 e. The van der Waals surface area contributed by atoms with Gasteiger partial charge in [-0.3, -0.25) is 0 Å². The molecular weight excluding hydrogens is 232 g/mol. The number of hydrogen-bond acceptors (Lipinski definition) is 4. The fourth-order valence-corrected chi connectivity index (χ4v) is 1.67. The van der Waals surface area contributed by atoms with Crippen molar-refractivity contribution in [3.05, 3.63) is 47.2 Å². The second-order valence-electron chi connectivity index (χ2n) is 4.00. The van der Waals surface area contributed by atoms with Crippen LogP contribution in [0.3, 0.4) is 0 Å². The van der Waals surface area contributed by atoms with Gasteiger partial charge in [0, 0.05) is 12.2 Å². The van der Waals surface area contributed by atoms with E-state index < -0.39 is 0 Å². The van der Waals surface area contributed by atoms with Crippen molar-refractivity contribution in [1.29, 1.82) is 0 Å². The fraction of sp³-hybridized carbons (Fsp3) is 0.308. The van der Waals surface area contributed by atoms with Crippen molar-refractivity contribution in [2.24, 2.45) is 0 Å². The lowest BCUT2D eigenvalue weighted by Gasteiger charge is -2.00. The van der Waals surface area contributed by atoms with E-state index in [2.05, 4.69) is 15.0 Å². The molecule has 2 heterocycles. The second-order valence-corrected chi connectivity index (χ2v) is 4.00. The van der Waals surface area contributed by atoms with E-state index in [1.54, 1.807) is 6.07 Å². The summed E-state index contributed by atoms with van der Waals surface area (Å²) in [5, 5.41) is 3.22. The highest BCUT2D eigenvalue weighted by Gasteiger charge is 2.07. The lowest BCUT2D eigenvalue weighted by Crippen LogP contribution is -2.12. The van der Waals surface area contributed by atoms with Crippen LogP contribution in [0.2, 0.25) is 0 Å². The number of aromatic nitrogens is 1. The number of carbonyl (C=O) groups is 1. The molecule has 0 amide bonds. The monoisotopic (exact) mass is 248 g/mol. The lowest BCUT2D eigenvalue weighted by molar-refractivity contribution is 0.0594. The molecule has 0 radical (unpaired) electrons. The normalized spacial score (nSPS) is 10.6. The summed E-state index contributed by atoms with van der Waals surface area (Å²) in [4.78, 5) is 14.2. The van der Waals surface area contributed by atoms with Crippen LogP contribution in [0.15, 0.2) is 28.7 Å². The zero-order chi connectivity index (χ0) is 13.0. The van der Waals surface area contributed by atoms with E-state index in [4.69, 9.17) is 4.42 Å². The highest BCUT2D eigenvalue weighted by Crippen LogP contribution is 2.07. The predicted molar refractivity (Wildman–Crippen MR) is 66.1 cm³/mol. The van der Waals surface area contributed by atoms with Gasteiger partial charge in [-0.1, -0.05) is 0 Å². The lowest BCUT2D eigenvalue weighted by atomic mass is 10.4. The zero-order valence-electron chi connectivity index (χ0n) is 10.4. The zero-order valence-corrected chi connectivity index (χ0v) is 10.4. The first-order valence-corrected chi connectivity index (χ1v) is 5.71. The van der Waals surface area contributed by atoms with Crippen LogP contribution in [0.1, 0.15) is 27.7 Å². The van der Waals surface area contributed by atoms with Gasteiger partial charge in [-0.25, -0.2) is 4.79 Å². The number of ether oxygens (including phenoxy) is 1. The third-order valence-corrected chi connectivity index (χ3v) is 2.56. The van der Waals surface area contributed by atoms with Gasteiger partial charge in [0.15, 0.2) is 0 Å². The Balaban J connectivity index is 1.83. The van der Waals surface area contributed by atoms with E-state index in [9.17, 15) is 4.79 Å². The summed E-state index contributed by atoms with van der Waals surface area (Å²) < 4.78 is 10.1. The van der Waals surface area contributed by atoms with Crippen LogP contribution in [0.4, 0.5) is 0 Å². The molecule has 0 aliphatic carbocycles. The van der Waals surface area contributed by atoms with Crippen LogP contribution in [0.25, 0.3) is 0 Å². The molecule has 0 aliphatic rings. The van der Waals surface area contributed by atoms with Gasteiger partial charge in [-0.15, -0.1) is 0 Å².